The molecule has 0 aliphatic heterocycles. The smallest absolute Gasteiger partial charge is 0.308 e. The van der Waals surface area contributed by atoms with E-state index in [0.717, 1.165) is 0 Å². The quantitative estimate of drug-likeness (QED) is 0.339. The number of benzene rings is 3. The third kappa shape index (κ3) is 3.59. The molecule has 0 saturated carbocycles. The lowest BCUT2D eigenvalue weighted by Crippen LogP contribution is -2.10. The van der Waals surface area contributed by atoms with Gasteiger partial charge in [-0.3, -0.25) is 19.2 Å². The van der Waals surface area contributed by atoms with Gasteiger partial charge in [-0.25, -0.2) is 0 Å². The van der Waals surface area contributed by atoms with Crippen LogP contribution in [0.2, 0.25) is 0 Å². The van der Waals surface area contributed by atoms with E-state index in [1.807, 2.05) is 0 Å². The average Bonchev–Trinajstić information content (AvgIpc) is 3.01. The van der Waals surface area contributed by atoms with Crippen LogP contribution in [0.25, 0.3) is 21.9 Å². The maximum Gasteiger partial charge on any atom is 0.308 e. The van der Waals surface area contributed by atoms with Crippen molar-refractivity contribution < 1.29 is 38.1 Å². The molecule has 0 radical (unpaired) electrons. The van der Waals surface area contributed by atoms with E-state index in [4.69, 9.17) is 18.9 Å². The van der Waals surface area contributed by atoms with Gasteiger partial charge in [0, 0.05) is 42.8 Å². The highest BCUT2D eigenvalue weighted by atomic mass is 16.5. The van der Waals surface area contributed by atoms with Crippen LogP contribution < -0.4 is 18.9 Å². The van der Waals surface area contributed by atoms with Gasteiger partial charge >= 0.3 is 17.9 Å². The van der Waals surface area contributed by atoms with Gasteiger partial charge in [-0.15, -0.1) is 0 Å². The summed E-state index contributed by atoms with van der Waals surface area (Å²) in [4.78, 5) is 49.6. The van der Waals surface area contributed by atoms with Gasteiger partial charge in [0.1, 0.15) is 17.2 Å². The lowest BCUT2D eigenvalue weighted by atomic mass is 9.96. The lowest BCUT2D eigenvalue weighted by Gasteiger charge is -2.19. The van der Waals surface area contributed by atoms with Gasteiger partial charge in [-0.1, -0.05) is 12.1 Å². The predicted octanol–water partition coefficient (Wildman–Crippen LogP) is 4.14. The Hall–Kier alpha value is -4.20. The summed E-state index contributed by atoms with van der Waals surface area (Å²) in [6.45, 7) is 5.45. The molecule has 1 aliphatic rings. The Kier molecular flexibility index (Phi) is 5.37. The Morgan fingerprint density at radius 1 is 0.758 bits per heavy atom. The zero-order chi connectivity index (χ0) is 24.0. The Bertz CT molecular complexity index is 1380. The summed E-state index contributed by atoms with van der Waals surface area (Å²) in [5.41, 5.74) is 1.42. The van der Waals surface area contributed by atoms with Crippen LogP contribution in [0.1, 0.15) is 42.3 Å². The zero-order valence-electron chi connectivity index (χ0n) is 18.7. The highest BCUT2D eigenvalue weighted by Crippen LogP contribution is 2.56. The summed E-state index contributed by atoms with van der Waals surface area (Å²) < 4.78 is 22.0. The van der Waals surface area contributed by atoms with Crippen molar-refractivity contribution in [2.45, 2.75) is 27.7 Å². The number of rotatable bonds is 4. The number of hydrogen-bond acceptors (Lipinski definition) is 8. The predicted molar refractivity (Wildman–Crippen MR) is 118 cm³/mol. The van der Waals surface area contributed by atoms with Crippen LogP contribution in [0.3, 0.4) is 0 Å². The molecule has 4 rings (SSSR count). The van der Waals surface area contributed by atoms with Gasteiger partial charge in [0.05, 0.1) is 18.1 Å². The Balaban J connectivity index is 2.25. The monoisotopic (exact) mass is 448 g/mol. The molecule has 0 aromatic heterocycles. The highest BCUT2D eigenvalue weighted by Gasteiger charge is 2.39. The van der Waals surface area contributed by atoms with E-state index in [2.05, 4.69) is 0 Å². The van der Waals surface area contributed by atoms with E-state index in [1.165, 1.54) is 27.9 Å². The zero-order valence-corrected chi connectivity index (χ0v) is 18.7. The highest BCUT2D eigenvalue weighted by molar-refractivity contribution is 6.29. The molecule has 0 N–H and O–H groups in total. The first-order valence-corrected chi connectivity index (χ1v) is 10.1. The maximum absolute atomic E-state index is 13.6. The van der Waals surface area contributed by atoms with Crippen molar-refractivity contribution in [2.75, 3.05) is 7.11 Å². The Morgan fingerprint density at radius 2 is 1.39 bits per heavy atom. The molecule has 0 fully saturated rings. The molecule has 8 nitrogen and oxygen atoms in total. The van der Waals surface area contributed by atoms with Crippen LogP contribution in [0.15, 0.2) is 30.3 Å². The van der Waals surface area contributed by atoms with Crippen molar-refractivity contribution in [3.8, 4) is 34.1 Å². The van der Waals surface area contributed by atoms with Crippen molar-refractivity contribution in [3.63, 3.8) is 0 Å². The van der Waals surface area contributed by atoms with E-state index >= 15 is 0 Å². The molecule has 0 atom stereocenters. The van der Waals surface area contributed by atoms with Crippen LogP contribution in [0, 0.1) is 6.92 Å². The first-order valence-electron chi connectivity index (χ1n) is 10.1. The summed E-state index contributed by atoms with van der Waals surface area (Å²) in [6.07, 6.45) is 0. The second kappa shape index (κ2) is 8.05. The summed E-state index contributed by atoms with van der Waals surface area (Å²) in [5.74, 6) is -1.81. The first-order chi connectivity index (χ1) is 15.6. The normalized spacial score (nSPS) is 11.6. The second-order valence-corrected chi connectivity index (χ2v) is 7.59. The molecule has 0 amide bonds. The number of ketones is 1. The van der Waals surface area contributed by atoms with Crippen LogP contribution in [0.5, 0.6) is 23.0 Å². The molecule has 0 bridgehead atoms. The number of esters is 3. The first kappa shape index (κ1) is 22.0. The number of carbonyl (C=O) groups is 4. The number of fused-ring (bicyclic) bond motifs is 4. The van der Waals surface area contributed by atoms with Crippen LogP contribution >= 0.6 is 0 Å². The molecular formula is C25H20O8. The average molecular weight is 448 g/mol. The molecule has 0 spiro atoms. The van der Waals surface area contributed by atoms with Gasteiger partial charge < -0.3 is 18.9 Å². The van der Waals surface area contributed by atoms with Gasteiger partial charge in [-0.05, 0) is 30.7 Å². The molecule has 168 valence electrons. The van der Waals surface area contributed by atoms with Crippen LogP contribution in [-0.2, 0) is 14.4 Å². The van der Waals surface area contributed by atoms with Crippen LogP contribution in [0.4, 0.5) is 0 Å². The third-order valence-corrected chi connectivity index (χ3v) is 5.14. The Morgan fingerprint density at radius 3 is 2.00 bits per heavy atom. The van der Waals surface area contributed by atoms with Gasteiger partial charge in [0.2, 0.25) is 0 Å². The number of methoxy groups -OCH3 is 1. The van der Waals surface area contributed by atoms with Crippen molar-refractivity contribution in [1.82, 2.24) is 0 Å². The fourth-order valence-corrected chi connectivity index (χ4v) is 4.12. The van der Waals surface area contributed by atoms with Crippen molar-refractivity contribution >= 4 is 34.5 Å². The molecule has 0 saturated heterocycles. The van der Waals surface area contributed by atoms with E-state index in [1.54, 1.807) is 37.3 Å². The summed E-state index contributed by atoms with van der Waals surface area (Å²) in [7, 11) is 1.43. The molecule has 0 heterocycles. The third-order valence-electron chi connectivity index (χ3n) is 5.14. The van der Waals surface area contributed by atoms with E-state index in [0.29, 0.717) is 22.1 Å². The molecule has 1 aliphatic carbocycles. The fourth-order valence-electron chi connectivity index (χ4n) is 4.12. The summed E-state index contributed by atoms with van der Waals surface area (Å²) in [6, 6.07) is 8.23. The summed E-state index contributed by atoms with van der Waals surface area (Å²) >= 11 is 0. The van der Waals surface area contributed by atoms with E-state index in [-0.39, 0.29) is 39.5 Å². The topological polar surface area (TPSA) is 105 Å². The number of hydrogen-bond donors (Lipinski definition) is 0. The molecule has 3 aromatic rings. The summed E-state index contributed by atoms with van der Waals surface area (Å²) in [5, 5.41) is 0.687. The minimum absolute atomic E-state index is 0.0199. The molecule has 0 unspecified atom stereocenters. The molecule has 3 aromatic carbocycles. The number of ether oxygens (including phenoxy) is 4. The second-order valence-electron chi connectivity index (χ2n) is 7.59. The molecular weight excluding hydrogens is 428 g/mol. The molecule has 8 heteroatoms. The van der Waals surface area contributed by atoms with E-state index < -0.39 is 23.7 Å². The molecule has 33 heavy (non-hydrogen) atoms. The standard InChI is InChI=1S/C25H20O8/c1-11-9-16-19(18(10-11)31-12(2)26)21-22(23(16)29)25(33-14(4)28)20-15(24(21)32-13(3)27)7-6-8-17(20)30-5/h6-10H,1-5H3. The lowest BCUT2D eigenvalue weighted by molar-refractivity contribution is -0.132. The van der Waals surface area contributed by atoms with Gasteiger partial charge in [-0.2, -0.15) is 0 Å². The minimum Gasteiger partial charge on any atom is -0.496 e. The Labute approximate surface area is 189 Å². The van der Waals surface area contributed by atoms with Crippen molar-refractivity contribution in [1.29, 1.82) is 0 Å². The van der Waals surface area contributed by atoms with Gasteiger partial charge in [0.25, 0.3) is 0 Å². The number of aryl methyl sites for hydroxylation is 1. The minimum atomic E-state index is -0.648. The van der Waals surface area contributed by atoms with Crippen molar-refractivity contribution in [3.05, 3.63) is 47.0 Å². The number of carbonyl (C=O) groups excluding carboxylic acids is 4. The van der Waals surface area contributed by atoms with E-state index in [9.17, 15) is 19.2 Å². The SMILES string of the molecule is COc1cccc2c(OC(C)=O)c3c(c(OC(C)=O)c12)C(=O)c1cc(C)cc(OC(C)=O)c1-3. The van der Waals surface area contributed by atoms with Gasteiger partial charge in [0.15, 0.2) is 11.5 Å². The van der Waals surface area contributed by atoms with Crippen molar-refractivity contribution in [2.24, 2.45) is 0 Å². The fraction of sp³-hybridized carbons (Fsp3) is 0.200. The maximum atomic E-state index is 13.6. The van der Waals surface area contributed by atoms with Crippen LogP contribution in [-0.4, -0.2) is 30.8 Å². The largest absolute Gasteiger partial charge is 0.496 e.